The lowest BCUT2D eigenvalue weighted by molar-refractivity contribution is -0.139. The first-order chi connectivity index (χ1) is 11.6. The Kier molecular flexibility index (Phi) is 4.95. The predicted octanol–water partition coefficient (Wildman–Crippen LogP) is 1.16. The molecule has 0 saturated heterocycles. The molecular weight excluding hydrogens is 330 g/mol. The lowest BCUT2D eigenvalue weighted by Crippen LogP contribution is -2.40. The summed E-state index contributed by atoms with van der Waals surface area (Å²) in [7, 11) is 0. The predicted molar refractivity (Wildman–Crippen MR) is 88.0 cm³/mol. The van der Waals surface area contributed by atoms with E-state index in [-0.39, 0.29) is 13.3 Å². The third kappa shape index (κ3) is 4.02. The molecule has 0 bridgehead atoms. The van der Waals surface area contributed by atoms with Crippen molar-refractivity contribution in [3.63, 3.8) is 0 Å². The number of carbonyl (C=O) groups is 2. The van der Waals surface area contributed by atoms with Gasteiger partial charge in [-0.2, -0.15) is 0 Å². The minimum atomic E-state index is -0.659. The number of ether oxygens (including phenoxy) is 2. The van der Waals surface area contributed by atoms with Crippen molar-refractivity contribution in [2.24, 2.45) is 0 Å². The fourth-order valence-corrected chi connectivity index (χ4v) is 2.93. The number of nitrogens with one attached hydrogen (secondary N) is 2. The monoisotopic (exact) mass is 347 g/mol. The van der Waals surface area contributed by atoms with E-state index in [1.54, 1.807) is 0 Å². The van der Waals surface area contributed by atoms with Gasteiger partial charge in [-0.25, -0.2) is 4.98 Å². The molecule has 2 heterocycles. The van der Waals surface area contributed by atoms with Gasteiger partial charge in [0.15, 0.2) is 11.5 Å². The number of aryl methyl sites for hydroxylation is 1. The molecule has 1 aliphatic heterocycles. The number of nitrogens with zero attached hydrogens (tertiary/aromatic N) is 1. The van der Waals surface area contributed by atoms with Crippen LogP contribution in [0.3, 0.4) is 0 Å². The topological polar surface area (TPSA) is 89.6 Å². The smallest absolute Gasteiger partial charge is 0.309 e. The average Bonchev–Trinajstić information content (AvgIpc) is 3.20. The molecule has 0 atom stereocenters. The maximum atomic E-state index is 11.8. The van der Waals surface area contributed by atoms with Gasteiger partial charge < -0.3 is 20.1 Å². The zero-order chi connectivity index (χ0) is 16.9. The highest BCUT2D eigenvalue weighted by Gasteiger charge is 2.15. The van der Waals surface area contributed by atoms with E-state index in [2.05, 4.69) is 15.6 Å². The standard InChI is InChI=1S/C16H17N3O4S/c1-10-8-24-14(19-10)7-18-16(21)15(20)17-5-4-11-2-3-12-13(6-11)23-9-22-12/h2-3,6,8H,4-5,7,9H2,1H3,(H,17,20)(H,18,21). The van der Waals surface area contributed by atoms with Crippen LogP contribution in [0.15, 0.2) is 23.6 Å². The Labute approximate surface area is 143 Å². The van der Waals surface area contributed by atoms with Crippen LogP contribution in [0.25, 0.3) is 0 Å². The molecule has 8 heteroatoms. The quantitative estimate of drug-likeness (QED) is 0.792. The van der Waals surface area contributed by atoms with Crippen LogP contribution in [-0.2, 0) is 22.6 Å². The molecule has 1 aromatic heterocycles. The molecule has 0 unspecified atom stereocenters. The average molecular weight is 347 g/mol. The SMILES string of the molecule is Cc1csc(CNC(=O)C(=O)NCCc2ccc3c(c2)OCO3)n1. The number of rotatable bonds is 5. The summed E-state index contributed by atoms with van der Waals surface area (Å²) in [5, 5.41) is 7.82. The summed E-state index contributed by atoms with van der Waals surface area (Å²) in [6.45, 7) is 2.73. The van der Waals surface area contributed by atoms with E-state index in [9.17, 15) is 9.59 Å². The Morgan fingerprint density at radius 1 is 1.21 bits per heavy atom. The molecule has 3 rings (SSSR count). The second-order valence-corrected chi connectivity index (χ2v) is 6.20. The number of benzene rings is 1. The van der Waals surface area contributed by atoms with Crippen molar-refractivity contribution in [3.8, 4) is 11.5 Å². The lowest BCUT2D eigenvalue weighted by atomic mass is 10.1. The van der Waals surface area contributed by atoms with Crippen molar-refractivity contribution < 1.29 is 19.1 Å². The van der Waals surface area contributed by atoms with Crippen molar-refractivity contribution in [2.45, 2.75) is 19.9 Å². The third-order valence-corrected chi connectivity index (χ3v) is 4.38. The highest BCUT2D eigenvalue weighted by molar-refractivity contribution is 7.09. The van der Waals surface area contributed by atoms with Gasteiger partial charge in [0.1, 0.15) is 5.01 Å². The molecule has 2 amide bonds. The van der Waals surface area contributed by atoms with Crippen LogP contribution in [-0.4, -0.2) is 30.1 Å². The van der Waals surface area contributed by atoms with Crippen molar-refractivity contribution in [1.29, 1.82) is 0 Å². The summed E-state index contributed by atoms with van der Waals surface area (Å²) >= 11 is 1.45. The molecule has 0 saturated carbocycles. The highest BCUT2D eigenvalue weighted by Crippen LogP contribution is 2.32. The number of thiazole rings is 1. The van der Waals surface area contributed by atoms with Crippen molar-refractivity contribution >= 4 is 23.2 Å². The van der Waals surface area contributed by atoms with Gasteiger partial charge in [-0.3, -0.25) is 9.59 Å². The summed E-state index contributed by atoms with van der Waals surface area (Å²) in [4.78, 5) is 27.7. The molecule has 2 N–H and O–H groups in total. The van der Waals surface area contributed by atoms with Crippen LogP contribution in [0.1, 0.15) is 16.3 Å². The van der Waals surface area contributed by atoms with Gasteiger partial charge in [0, 0.05) is 17.6 Å². The van der Waals surface area contributed by atoms with E-state index in [0.717, 1.165) is 22.0 Å². The van der Waals surface area contributed by atoms with E-state index in [4.69, 9.17) is 9.47 Å². The Hall–Kier alpha value is -2.61. The van der Waals surface area contributed by atoms with Crippen LogP contribution >= 0.6 is 11.3 Å². The molecule has 24 heavy (non-hydrogen) atoms. The molecule has 0 radical (unpaired) electrons. The maximum absolute atomic E-state index is 11.8. The number of amides is 2. The lowest BCUT2D eigenvalue weighted by Gasteiger charge is -2.06. The Morgan fingerprint density at radius 3 is 2.79 bits per heavy atom. The zero-order valence-electron chi connectivity index (χ0n) is 13.1. The number of hydrogen-bond acceptors (Lipinski definition) is 6. The Bertz CT molecular complexity index is 760. The summed E-state index contributed by atoms with van der Waals surface area (Å²) in [5.41, 5.74) is 1.90. The summed E-state index contributed by atoms with van der Waals surface area (Å²) < 4.78 is 10.5. The van der Waals surface area contributed by atoms with Crippen LogP contribution in [0.2, 0.25) is 0 Å². The minimum absolute atomic E-state index is 0.230. The number of aromatic nitrogens is 1. The fourth-order valence-electron chi connectivity index (χ4n) is 2.22. The molecule has 0 aliphatic carbocycles. The van der Waals surface area contributed by atoms with E-state index < -0.39 is 11.8 Å². The Morgan fingerprint density at radius 2 is 2.00 bits per heavy atom. The Balaban J connectivity index is 1.41. The van der Waals surface area contributed by atoms with Crippen LogP contribution < -0.4 is 20.1 Å². The van der Waals surface area contributed by atoms with Gasteiger partial charge in [-0.15, -0.1) is 11.3 Å². The van der Waals surface area contributed by atoms with Crippen LogP contribution in [0.4, 0.5) is 0 Å². The van der Waals surface area contributed by atoms with Gasteiger partial charge in [-0.05, 0) is 31.0 Å². The van der Waals surface area contributed by atoms with Gasteiger partial charge in [0.25, 0.3) is 0 Å². The number of fused-ring (bicyclic) bond motifs is 1. The van der Waals surface area contributed by atoms with E-state index in [1.165, 1.54) is 11.3 Å². The number of hydrogen-bond donors (Lipinski definition) is 2. The van der Waals surface area contributed by atoms with E-state index >= 15 is 0 Å². The van der Waals surface area contributed by atoms with Gasteiger partial charge in [0.2, 0.25) is 6.79 Å². The molecule has 0 fully saturated rings. The first kappa shape index (κ1) is 16.3. The van der Waals surface area contributed by atoms with E-state index in [0.29, 0.717) is 18.7 Å². The first-order valence-corrected chi connectivity index (χ1v) is 8.35. The zero-order valence-corrected chi connectivity index (χ0v) is 13.9. The third-order valence-electron chi connectivity index (χ3n) is 3.41. The second kappa shape index (κ2) is 7.31. The largest absolute Gasteiger partial charge is 0.454 e. The van der Waals surface area contributed by atoms with E-state index in [1.807, 2.05) is 30.5 Å². The number of carbonyl (C=O) groups excluding carboxylic acids is 2. The van der Waals surface area contributed by atoms with Gasteiger partial charge in [-0.1, -0.05) is 6.07 Å². The normalized spacial score (nSPS) is 12.0. The van der Waals surface area contributed by atoms with Crippen LogP contribution in [0, 0.1) is 6.92 Å². The summed E-state index contributed by atoms with van der Waals surface area (Å²) in [6, 6.07) is 5.62. The highest BCUT2D eigenvalue weighted by atomic mass is 32.1. The molecule has 1 aromatic carbocycles. The van der Waals surface area contributed by atoms with Crippen molar-refractivity contribution in [3.05, 3.63) is 39.8 Å². The molecule has 7 nitrogen and oxygen atoms in total. The summed E-state index contributed by atoms with van der Waals surface area (Å²) in [6.07, 6.45) is 0.599. The second-order valence-electron chi connectivity index (χ2n) is 5.26. The molecule has 0 spiro atoms. The van der Waals surface area contributed by atoms with Crippen LogP contribution in [0.5, 0.6) is 11.5 Å². The van der Waals surface area contributed by atoms with Crippen molar-refractivity contribution in [1.82, 2.24) is 15.6 Å². The molecule has 2 aromatic rings. The fraction of sp³-hybridized carbons (Fsp3) is 0.312. The van der Waals surface area contributed by atoms with Crippen molar-refractivity contribution in [2.75, 3.05) is 13.3 Å². The summed E-state index contributed by atoms with van der Waals surface area (Å²) in [5.74, 6) is 0.118. The van der Waals surface area contributed by atoms with Gasteiger partial charge >= 0.3 is 11.8 Å². The molecular formula is C16H17N3O4S. The maximum Gasteiger partial charge on any atom is 0.309 e. The first-order valence-electron chi connectivity index (χ1n) is 7.47. The molecule has 1 aliphatic rings. The van der Waals surface area contributed by atoms with Gasteiger partial charge in [0.05, 0.1) is 6.54 Å². The molecule has 126 valence electrons. The minimum Gasteiger partial charge on any atom is -0.454 e.